The smallest absolute Gasteiger partial charge is 0.311 e. The minimum absolute atomic E-state index is 0.214. The zero-order valence-corrected chi connectivity index (χ0v) is 32.1. The van der Waals surface area contributed by atoms with Crippen LogP contribution >= 0.6 is 0 Å². The first-order valence-corrected chi connectivity index (χ1v) is 22.1. The first-order valence-electron chi connectivity index (χ1n) is 22.1. The molecular weight excluding hydrogens is 657 g/mol. The van der Waals surface area contributed by atoms with Crippen LogP contribution in [-0.2, 0) is 33.3 Å². The lowest BCUT2D eigenvalue weighted by molar-refractivity contribution is -0.136. The van der Waals surface area contributed by atoms with Crippen molar-refractivity contribution in [3.63, 3.8) is 0 Å². The van der Waals surface area contributed by atoms with Gasteiger partial charge in [0.15, 0.2) is 0 Å². The quantitative estimate of drug-likeness (QED) is 0.181. The number of rotatable bonds is 10. The molecule has 284 valence electrons. The van der Waals surface area contributed by atoms with Gasteiger partial charge in [-0.3, -0.25) is 19.4 Å². The third-order valence-electron chi connectivity index (χ3n) is 16.5. The van der Waals surface area contributed by atoms with Crippen molar-refractivity contribution in [2.45, 2.75) is 158 Å². The molecule has 0 aromatic heterocycles. The Morgan fingerprint density at radius 2 is 1.06 bits per heavy atom. The molecule has 0 amide bonds. The number of hydrogen-bond acceptors (Lipinski definition) is 6. The standard InChI is InChI=1S/C47H62N2O4/c50-44(52-36-18-16-34-26-42-38-12-1-3-20-46(38,40(34)28-36)22-24-48(42)30-32-8-5-9-32)14-7-15-45(51)53-37-19-17-35-27-43-39-13-2-4-21-47(39,41(35)29-37)23-25-49(43)31-33-10-6-11-33/h16-19,28-29,32-33,38-39,42-43H,1-15,20-27,30-31H2/t38-,39-,42-,43-,46+,47+/m0/s1. The van der Waals surface area contributed by atoms with Crippen molar-refractivity contribution in [3.8, 4) is 11.5 Å². The van der Waals surface area contributed by atoms with E-state index in [-0.39, 0.29) is 35.6 Å². The number of fused-ring (bicyclic) bond motifs is 2. The zero-order chi connectivity index (χ0) is 35.6. The lowest BCUT2D eigenvalue weighted by atomic mass is 9.52. The molecule has 2 aromatic carbocycles. The highest BCUT2D eigenvalue weighted by atomic mass is 16.5. The van der Waals surface area contributed by atoms with Crippen molar-refractivity contribution in [2.24, 2.45) is 23.7 Å². The number of ether oxygens (including phenoxy) is 2. The van der Waals surface area contributed by atoms with Crippen LogP contribution in [0.2, 0.25) is 0 Å². The van der Waals surface area contributed by atoms with Crippen LogP contribution in [0.25, 0.3) is 0 Å². The maximum atomic E-state index is 13.1. The maximum Gasteiger partial charge on any atom is 0.311 e. The SMILES string of the molecule is O=C(CCCC(=O)Oc1ccc2c(c1)[C@@]13CCCC[C@H]1[C@H](C2)N(CC1CCC1)CC3)Oc1ccc2c(c1)[C@@]13CCCC[C@H]1[C@H](C2)N(CC1CCC1)CC3. The summed E-state index contributed by atoms with van der Waals surface area (Å²) in [6, 6.07) is 14.3. The molecule has 4 saturated carbocycles. The van der Waals surface area contributed by atoms with E-state index in [1.54, 1.807) is 0 Å². The number of nitrogens with zero attached hydrogens (tertiary/aromatic N) is 2. The van der Waals surface area contributed by atoms with E-state index in [1.165, 1.54) is 151 Å². The molecule has 0 N–H and O–H groups in total. The van der Waals surface area contributed by atoms with Gasteiger partial charge in [0.25, 0.3) is 0 Å². The Labute approximate surface area is 317 Å². The van der Waals surface area contributed by atoms with E-state index < -0.39 is 0 Å². The minimum Gasteiger partial charge on any atom is -0.427 e. The van der Waals surface area contributed by atoms with E-state index in [0.29, 0.717) is 30.0 Å². The third kappa shape index (κ3) is 6.21. The van der Waals surface area contributed by atoms with Crippen LogP contribution in [0.3, 0.4) is 0 Å². The van der Waals surface area contributed by atoms with Crippen LogP contribution in [0.5, 0.6) is 11.5 Å². The third-order valence-corrected chi connectivity index (χ3v) is 16.5. The predicted molar refractivity (Wildman–Crippen MR) is 207 cm³/mol. The van der Waals surface area contributed by atoms with Crippen LogP contribution in [0.15, 0.2) is 36.4 Å². The van der Waals surface area contributed by atoms with Gasteiger partial charge in [-0.05, 0) is 167 Å². The van der Waals surface area contributed by atoms with Gasteiger partial charge in [-0.2, -0.15) is 0 Å². The van der Waals surface area contributed by atoms with Gasteiger partial charge in [0.1, 0.15) is 11.5 Å². The summed E-state index contributed by atoms with van der Waals surface area (Å²) in [4.78, 5) is 32.0. The molecule has 6 fully saturated rings. The Morgan fingerprint density at radius 3 is 1.49 bits per heavy atom. The number of likely N-dealkylation sites (tertiary alicyclic amines) is 2. The molecule has 6 atom stereocenters. The molecule has 10 rings (SSSR count). The Bertz CT molecular complexity index is 1590. The van der Waals surface area contributed by atoms with Crippen molar-refractivity contribution in [1.82, 2.24) is 9.80 Å². The average molecular weight is 719 g/mol. The van der Waals surface area contributed by atoms with Crippen LogP contribution in [0.4, 0.5) is 0 Å². The molecule has 4 bridgehead atoms. The summed E-state index contributed by atoms with van der Waals surface area (Å²) in [6.07, 6.45) is 24.6. The second kappa shape index (κ2) is 14.1. The molecule has 6 heteroatoms. The molecule has 8 aliphatic rings. The van der Waals surface area contributed by atoms with Gasteiger partial charge in [0, 0.05) is 48.8 Å². The lowest BCUT2D eigenvalue weighted by Crippen LogP contribution is -2.61. The fourth-order valence-corrected chi connectivity index (χ4v) is 13.5. The summed E-state index contributed by atoms with van der Waals surface area (Å²) in [5.74, 6) is 4.11. The maximum absolute atomic E-state index is 13.1. The highest BCUT2D eigenvalue weighted by Gasteiger charge is 2.55. The highest BCUT2D eigenvalue weighted by molar-refractivity contribution is 5.75. The number of hydrogen-bond donors (Lipinski definition) is 0. The molecule has 2 aliphatic heterocycles. The van der Waals surface area contributed by atoms with Crippen molar-refractivity contribution in [2.75, 3.05) is 26.2 Å². The van der Waals surface area contributed by atoms with Gasteiger partial charge in [-0.25, -0.2) is 0 Å². The van der Waals surface area contributed by atoms with Crippen LogP contribution in [-0.4, -0.2) is 60.0 Å². The van der Waals surface area contributed by atoms with Crippen LogP contribution in [0, 0.1) is 23.7 Å². The van der Waals surface area contributed by atoms with Gasteiger partial charge in [0.2, 0.25) is 0 Å². The summed E-state index contributed by atoms with van der Waals surface area (Å²) < 4.78 is 11.9. The van der Waals surface area contributed by atoms with E-state index >= 15 is 0 Å². The van der Waals surface area contributed by atoms with Gasteiger partial charge in [-0.15, -0.1) is 0 Å². The molecule has 6 aliphatic carbocycles. The zero-order valence-electron chi connectivity index (χ0n) is 32.1. The Balaban J connectivity index is 0.757. The Hall–Kier alpha value is -2.70. The second-order valence-electron chi connectivity index (χ2n) is 19.1. The second-order valence-corrected chi connectivity index (χ2v) is 19.1. The van der Waals surface area contributed by atoms with Gasteiger partial charge >= 0.3 is 11.9 Å². The Morgan fingerprint density at radius 1 is 0.585 bits per heavy atom. The topological polar surface area (TPSA) is 59.1 Å². The lowest BCUT2D eigenvalue weighted by Gasteiger charge is -2.59. The van der Waals surface area contributed by atoms with E-state index in [2.05, 4.69) is 34.1 Å². The fourth-order valence-electron chi connectivity index (χ4n) is 13.5. The van der Waals surface area contributed by atoms with Crippen LogP contribution < -0.4 is 9.47 Å². The van der Waals surface area contributed by atoms with Crippen molar-refractivity contribution >= 4 is 11.9 Å². The number of carbonyl (C=O) groups is 2. The first kappa shape index (κ1) is 34.8. The molecule has 53 heavy (non-hydrogen) atoms. The normalized spacial score (nSPS) is 33.7. The molecule has 0 spiro atoms. The summed E-state index contributed by atoms with van der Waals surface area (Å²) in [5.41, 5.74) is 6.36. The average Bonchev–Trinajstić information content (AvgIpc) is 3.13. The van der Waals surface area contributed by atoms with Crippen molar-refractivity contribution < 1.29 is 19.1 Å². The van der Waals surface area contributed by atoms with E-state index in [0.717, 1.165) is 36.5 Å². The first-order chi connectivity index (χ1) is 26.0. The molecule has 0 radical (unpaired) electrons. The number of esters is 2. The highest BCUT2D eigenvalue weighted by Crippen LogP contribution is 2.58. The molecule has 0 unspecified atom stereocenters. The molecular formula is C47H62N2O4. The molecule has 2 aromatic rings. The largest absolute Gasteiger partial charge is 0.427 e. The van der Waals surface area contributed by atoms with E-state index in [9.17, 15) is 9.59 Å². The Kier molecular flexibility index (Phi) is 9.25. The van der Waals surface area contributed by atoms with E-state index in [1.807, 2.05) is 12.1 Å². The van der Waals surface area contributed by atoms with Gasteiger partial charge < -0.3 is 9.47 Å². The summed E-state index contributed by atoms with van der Waals surface area (Å²) >= 11 is 0. The number of piperidine rings is 2. The van der Waals surface area contributed by atoms with E-state index in [4.69, 9.17) is 9.47 Å². The fraction of sp³-hybridized carbons (Fsp3) is 0.702. The van der Waals surface area contributed by atoms with Crippen LogP contribution in [0.1, 0.15) is 144 Å². The number of carbonyl (C=O) groups excluding carboxylic acids is 2. The predicted octanol–water partition coefficient (Wildman–Crippen LogP) is 9.08. The summed E-state index contributed by atoms with van der Waals surface area (Å²) in [7, 11) is 0. The molecule has 6 nitrogen and oxygen atoms in total. The summed E-state index contributed by atoms with van der Waals surface area (Å²) in [6.45, 7) is 5.01. The monoisotopic (exact) mass is 718 g/mol. The van der Waals surface area contributed by atoms with Gasteiger partial charge in [0.05, 0.1) is 0 Å². The van der Waals surface area contributed by atoms with Gasteiger partial charge in [-0.1, -0.05) is 50.7 Å². The molecule has 2 saturated heterocycles. The molecule has 2 heterocycles. The number of benzene rings is 2. The minimum atomic E-state index is -0.256. The van der Waals surface area contributed by atoms with Crippen molar-refractivity contribution in [3.05, 3.63) is 58.7 Å². The summed E-state index contributed by atoms with van der Waals surface area (Å²) in [5, 5.41) is 0. The van der Waals surface area contributed by atoms with Crippen molar-refractivity contribution in [1.29, 1.82) is 0 Å².